The summed E-state index contributed by atoms with van der Waals surface area (Å²) >= 11 is 0. The van der Waals surface area contributed by atoms with Crippen LogP contribution in [0.15, 0.2) is 24.3 Å². The molecule has 0 spiro atoms. The van der Waals surface area contributed by atoms with Gasteiger partial charge in [-0.25, -0.2) is 0 Å². The highest BCUT2D eigenvalue weighted by Crippen LogP contribution is 2.34. The maximum Gasteiger partial charge on any atom is 0.271 e. The first kappa shape index (κ1) is 24.2. The number of carbonyl (C=O) groups is 2. The number of nitrogens with zero attached hydrogens (tertiary/aromatic N) is 3. The lowest BCUT2D eigenvalue weighted by Gasteiger charge is -2.46. The molecule has 1 saturated carbocycles. The van der Waals surface area contributed by atoms with Crippen molar-refractivity contribution in [3.8, 4) is 5.75 Å². The maximum absolute atomic E-state index is 14.0. The van der Waals surface area contributed by atoms with Gasteiger partial charge in [-0.2, -0.15) is 0 Å². The minimum absolute atomic E-state index is 0.0279. The van der Waals surface area contributed by atoms with Crippen molar-refractivity contribution in [2.75, 3.05) is 26.7 Å². The molecule has 5 rings (SSSR count). The summed E-state index contributed by atoms with van der Waals surface area (Å²) in [5, 5.41) is 4.33. The Balaban J connectivity index is 1.48. The number of hydrogen-bond acceptors (Lipinski definition) is 4. The number of ether oxygens (including phenoxy) is 1. The van der Waals surface area contributed by atoms with Gasteiger partial charge in [0.05, 0.1) is 19.2 Å². The van der Waals surface area contributed by atoms with Crippen LogP contribution in [-0.2, 0) is 11.3 Å². The Morgan fingerprint density at radius 2 is 1.86 bits per heavy atom. The predicted molar refractivity (Wildman–Crippen MR) is 138 cm³/mol. The number of benzene rings is 1. The van der Waals surface area contributed by atoms with Gasteiger partial charge in [-0.3, -0.25) is 14.5 Å². The van der Waals surface area contributed by atoms with Crippen molar-refractivity contribution in [1.82, 2.24) is 19.7 Å². The second-order valence-corrected chi connectivity index (χ2v) is 11.0. The standard InChI is InChI=1S/C28H40N4O3/c1-20-9-7-8-14-30(20)15-16-32-26(33)25-17-21-12-13-23(35-3)18-24(21)31(25)19-28(32,2)27(34)29-22-10-5-4-6-11-22/h12-13,17-18,20,22H,4-11,14-16,19H2,1-3H3,(H,29,34)/t20-,28-/m0/s1. The van der Waals surface area contributed by atoms with Crippen LogP contribution in [0.5, 0.6) is 5.75 Å². The molecule has 2 aromatic rings. The van der Waals surface area contributed by atoms with E-state index in [0.29, 0.717) is 24.8 Å². The van der Waals surface area contributed by atoms with Crippen molar-refractivity contribution in [2.24, 2.45) is 0 Å². The Morgan fingerprint density at radius 1 is 1.09 bits per heavy atom. The van der Waals surface area contributed by atoms with E-state index in [2.05, 4.69) is 17.1 Å². The molecule has 1 aromatic heterocycles. The molecule has 1 saturated heterocycles. The van der Waals surface area contributed by atoms with Crippen LogP contribution >= 0.6 is 0 Å². The molecule has 1 aromatic carbocycles. The van der Waals surface area contributed by atoms with Crippen molar-refractivity contribution in [1.29, 1.82) is 0 Å². The number of aromatic nitrogens is 1. The van der Waals surface area contributed by atoms with Crippen LogP contribution in [0.25, 0.3) is 10.9 Å². The fraction of sp³-hybridized carbons (Fsp3) is 0.643. The summed E-state index contributed by atoms with van der Waals surface area (Å²) in [4.78, 5) is 32.2. The summed E-state index contributed by atoms with van der Waals surface area (Å²) in [6.07, 6.45) is 9.27. The topological polar surface area (TPSA) is 66.8 Å². The zero-order chi connectivity index (χ0) is 24.6. The Labute approximate surface area is 208 Å². The van der Waals surface area contributed by atoms with Gasteiger partial charge < -0.3 is 19.5 Å². The Bertz CT molecular complexity index is 1090. The van der Waals surface area contributed by atoms with Crippen LogP contribution in [-0.4, -0.2) is 70.5 Å². The molecule has 2 aliphatic heterocycles. The molecule has 7 nitrogen and oxygen atoms in total. The van der Waals surface area contributed by atoms with E-state index >= 15 is 0 Å². The highest BCUT2D eigenvalue weighted by molar-refractivity contribution is 6.03. The van der Waals surface area contributed by atoms with Gasteiger partial charge in [0.25, 0.3) is 5.91 Å². The SMILES string of the molecule is COc1ccc2cc3n(c2c1)C[C@@](C)(C(=O)NC1CCCCC1)N(CCN1CCCC[C@@H]1C)C3=O. The zero-order valence-electron chi connectivity index (χ0n) is 21.5. The van der Waals surface area contributed by atoms with E-state index in [0.717, 1.165) is 55.4 Å². The first-order valence-electron chi connectivity index (χ1n) is 13.4. The van der Waals surface area contributed by atoms with Crippen LogP contribution in [0.1, 0.15) is 75.7 Å². The number of fused-ring (bicyclic) bond motifs is 3. The van der Waals surface area contributed by atoms with Crippen LogP contribution < -0.4 is 10.1 Å². The molecule has 2 atom stereocenters. The van der Waals surface area contributed by atoms with E-state index in [1.165, 1.54) is 25.7 Å². The van der Waals surface area contributed by atoms with Gasteiger partial charge in [-0.05, 0) is 64.3 Å². The van der Waals surface area contributed by atoms with E-state index in [9.17, 15) is 9.59 Å². The van der Waals surface area contributed by atoms with Crippen molar-refractivity contribution < 1.29 is 14.3 Å². The number of amides is 2. The molecule has 7 heteroatoms. The van der Waals surface area contributed by atoms with Gasteiger partial charge in [-0.15, -0.1) is 0 Å². The summed E-state index contributed by atoms with van der Waals surface area (Å²) in [6, 6.07) is 8.57. The van der Waals surface area contributed by atoms with Crippen LogP contribution in [0.3, 0.4) is 0 Å². The lowest BCUT2D eigenvalue weighted by molar-refractivity contribution is -0.134. The van der Waals surface area contributed by atoms with E-state index in [-0.39, 0.29) is 17.9 Å². The molecule has 3 heterocycles. The smallest absolute Gasteiger partial charge is 0.271 e. The van der Waals surface area contributed by atoms with Gasteiger partial charge in [0.1, 0.15) is 17.0 Å². The minimum Gasteiger partial charge on any atom is -0.497 e. The van der Waals surface area contributed by atoms with Crippen LogP contribution in [0.4, 0.5) is 0 Å². The molecule has 0 radical (unpaired) electrons. The number of nitrogens with one attached hydrogen (secondary N) is 1. The minimum atomic E-state index is -0.949. The lowest BCUT2D eigenvalue weighted by Crippen LogP contribution is -2.66. The molecule has 2 fully saturated rings. The van der Waals surface area contributed by atoms with Gasteiger partial charge in [0.2, 0.25) is 5.91 Å². The number of methoxy groups -OCH3 is 1. The summed E-state index contributed by atoms with van der Waals surface area (Å²) in [6.45, 7) is 7.10. The van der Waals surface area contributed by atoms with E-state index in [4.69, 9.17) is 4.74 Å². The van der Waals surface area contributed by atoms with E-state index in [1.807, 2.05) is 40.7 Å². The molecular formula is C28H40N4O3. The van der Waals surface area contributed by atoms with Gasteiger partial charge in [-0.1, -0.05) is 25.7 Å². The third kappa shape index (κ3) is 4.55. The third-order valence-corrected chi connectivity index (χ3v) is 8.62. The van der Waals surface area contributed by atoms with Crippen molar-refractivity contribution in [2.45, 2.75) is 89.4 Å². The summed E-state index contributed by atoms with van der Waals surface area (Å²) in [7, 11) is 1.65. The Kier molecular flexibility index (Phi) is 6.80. The largest absolute Gasteiger partial charge is 0.497 e. The average molecular weight is 481 g/mol. The first-order chi connectivity index (χ1) is 16.9. The van der Waals surface area contributed by atoms with E-state index in [1.54, 1.807) is 7.11 Å². The molecule has 2 amide bonds. The molecule has 3 aliphatic rings. The quantitative estimate of drug-likeness (QED) is 0.673. The van der Waals surface area contributed by atoms with Gasteiger partial charge >= 0.3 is 0 Å². The normalized spacial score (nSPS) is 26.1. The molecule has 190 valence electrons. The van der Waals surface area contributed by atoms with Crippen LogP contribution in [0, 0.1) is 0 Å². The Morgan fingerprint density at radius 3 is 2.60 bits per heavy atom. The van der Waals surface area contributed by atoms with Gasteiger partial charge in [0, 0.05) is 36.6 Å². The fourth-order valence-corrected chi connectivity index (χ4v) is 6.31. The number of rotatable bonds is 6. The summed E-state index contributed by atoms with van der Waals surface area (Å²) in [5.74, 6) is 0.665. The summed E-state index contributed by atoms with van der Waals surface area (Å²) in [5.41, 5.74) is 0.645. The highest BCUT2D eigenvalue weighted by atomic mass is 16.5. The zero-order valence-corrected chi connectivity index (χ0v) is 21.5. The first-order valence-corrected chi connectivity index (χ1v) is 13.4. The molecule has 35 heavy (non-hydrogen) atoms. The van der Waals surface area contributed by atoms with Crippen LogP contribution in [0.2, 0.25) is 0 Å². The molecule has 1 aliphatic carbocycles. The van der Waals surface area contributed by atoms with E-state index < -0.39 is 5.54 Å². The number of piperidine rings is 1. The molecule has 0 bridgehead atoms. The fourth-order valence-electron chi connectivity index (χ4n) is 6.31. The molecular weight excluding hydrogens is 440 g/mol. The van der Waals surface area contributed by atoms with Gasteiger partial charge in [0.15, 0.2) is 0 Å². The average Bonchev–Trinajstić information content (AvgIpc) is 3.23. The summed E-state index contributed by atoms with van der Waals surface area (Å²) < 4.78 is 7.48. The maximum atomic E-state index is 14.0. The number of carbonyl (C=O) groups excluding carboxylic acids is 2. The van der Waals surface area contributed by atoms with Crippen molar-refractivity contribution >= 4 is 22.7 Å². The van der Waals surface area contributed by atoms with Crippen molar-refractivity contribution in [3.63, 3.8) is 0 Å². The number of hydrogen-bond donors (Lipinski definition) is 1. The third-order valence-electron chi connectivity index (χ3n) is 8.62. The molecule has 0 unspecified atom stereocenters. The molecule has 1 N–H and O–H groups in total. The second kappa shape index (κ2) is 9.84. The monoisotopic (exact) mass is 480 g/mol. The number of likely N-dealkylation sites (tertiary alicyclic amines) is 1. The Hall–Kier alpha value is -2.54. The highest BCUT2D eigenvalue weighted by Gasteiger charge is 2.48. The predicted octanol–water partition coefficient (Wildman–Crippen LogP) is 4.19. The second-order valence-electron chi connectivity index (χ2n) is 11.0. The lowest BCUT2D eigenvalue weighted by atomic mass is 9.91. The van der Waals surface area contributed by atoms with Crippen molar-refractivity contribution in [3.05, 3.63) is 30.0 Å².